The zero-order valence-electron chi connectivity index (χ0n) is 13.3. The lowest BCUT2D eigenvalue weighted by atomic mass is 9.96. The predicted octanol–water partition coefficient (Wildman–Crippen LogP) is 3.98. The van der Waals surface area contributed by atoms with E-state index in [1.807, 2.05) is 18.2 Å². The lowest BCUT2D eigenvalue weighted by Gasteiger charge is -2.27. The molecule has 0 bridgehead atoms. The Bertz CT molecular complexity index is 462. The van der Waals surface area contributed by atoms with Gasteiger partial charge in [-0.3, -0.25) is 4.79 Å². The molecule has 2 N–H and O–H groups in total. The molecule has 0 aromatic heterocycles. The predicted molar refractivity (Wildman–Crippen MR) is 87.7 cm³/mol. The van der Waals surface area contributed by atoms with E-state index >= 15 is 0 Å². The van der Waals surface area contributed by atoms with E-state index in [9.17, 15) is 4.79 Å². The molecule has 1 aromatic rings. The first-order chi connectivity index (χ1) is 10.2. The lowest BCUT2D eigenvalue weighted by molar-refractivity contribution is -0.137. The molecule has 0 saturated heterocycles. The number of hydrogen-bond donors (Lipinski definition) is 1. The first kappa shape index (κ1) is 15.9. The Morgan fingerprint density at radius 3 is 2.48 bits per heavy atom. The first-order valence-electron chi connectivity index (χ1n) is 8.30. The van der Waals surface area contributed by atoms with E-state index in [-0.39, 0.29) is 5.92 Å². The third-order valence-corrected chi connectivity index (χ3v) is 4.20. The third-order valence-electron chi connectivity index (χ3n) is 4.20. The van der Waals surface area contributed by atoms with Crippen LogP contribution in [0.25, 0.3) is 0 Å². The number of anilines is 1. The number of hydrogen-bond acceptors (Lipinski definition) is 2. The van der Waals surface area contributed by atoms with Gasteiger partial charge in [-0.15, -0.1) is 0 Å². The maximum absolute atomic E-state index is 12.9. The molecule has 1 aliphatic rings. The van der Waals surface area contributed by atoms with Crippen molar-refractivity contribution < 1.29 is 4.79 Å². The molecule has 21 heavy (non-hydrogen) atoms. The summed E-state index contributed by atoms with van der Waals surface area (Å²) in [5.74, 6) is 0.547. The molecule has 0 radical (unpaired) electrons. The number of carbonyl (C=O) groups is 1. The van der Waals surface area contributed by atoms with Gasteiger partial charge in [0.1, 0.15) is 0 Å². The van der Waals surface area contributed by atoms with Crippen LogP contribution in [0.2, 0.25) is 0 Å². The van der Waals surface area contributed by atoms with Crippen LogP contribution in [0.3, 0.4) is 0 Å². The van der Waals surface area contributed by atoms with Crippen molar-refractivity contribution in [1.29, 1.82) is 0 Å². The van der Waals surface area contributed by atoms with Crippen molar-refractivity contribution in [2.45, 2.75) is 65.0 Å². The second-order valence-electron chi connectivity index (χ2n) is 6.22. The number of benzene rings is 1. The largest absolute Gasteiger partial charge is 0.399 e. The fourth-order valence-corrected chi connectivity index (χ4v) is 2.98. The summed E-state index contributed by atoms with van der Waals surface area (Å²) >= 11 is 0. The molecule has 0 aliphatic heterocycles. The highest BCUT2D eigenvalue weighted by Crippen LogP contribution is 2.31. The van der Waals surface area contributed by atoms with Crippen LogP contribution in [0, 0.1) is 5.92 Å². The van der Waals surface area contributed by atoms with Gasteiger partial charge in [-0.05, 0) is 43.4 Å². The summed E-state index contributed by atoms with van der Waals surface area (Å²) in [6.45, 7) is 5.03. The normalized spacial score (nSPS) is 14.4. The molecular weight excluding hydrogens is 260 g/mol. The minimum atomic E-state index is 0.196. The average molecular weight is 288 g/mol. The summed E-state index contributed by atoms with van der Waals surface area (Å²) in [5.41, 5.74) is 7.77. The quantitative estimate of drug-likeness (QED) is 0.736. The molecule has 1 fully saturated rings. The highest BCUT2D eigenvalue weighted by atomic mass is 16.2. The molecule has 2 rings (SSSR count). The summed E-state index contributed by atoms with van der Waals surface area (Å²) in [4.78, 5) is 15.0. The van der Waals surface area contributed by atoms with Gasteiger partial charge in [0.2, 0.25) is 5.91 Å². The fraction of sp³-hybridized carbons (Fsp3) is 0.611. The Kier molecular flexibility index (Phi) is 5.66. The van der Waals surface area contributed by atoms with Crippen molar-refractivity contribution in [3.05, 3.63) is 29.8 Å². The molecule has 1 saturated carbocycles. The third kappa shape index (κ3) is 4.48. The maximum Gasteiger partial charge on any atom is 0.226 e. The van der Waals surface area contributed by atoms with E-state index in [4.69, 9.17) is 5.73 Å². The van der Waals surface area contributed by atoms with Crippen molar-refractivity contribution >= 4 is 11.6 Å². The van der Waals surface area contributed by atoms with Gasteiger partial charge in [0, 0.05) is 24.2 Å². The van der Waals surface area contributed by atoms with Gasteiger partial charge in [0.25, 0.3) is 0 Å². The molecule has 0 heterocycles. The van der Waals surface area contributed by atoms with Crippen LogP contribution < -0.4 is 5.73 Å². The molecule has 3 nitrogen and oxygen atoms in total. The number of carbonyl (C=O) groups excluding carboxylic acids is 1. The van der Waals surface area contributed by atoms with Gasteiger partial charge < -0.3 is 10.6 Å². The van der Waals surface area contributed by atoms with Crippen molar-refractivity contribution in [3.8, 4) is 0 Å². The molecular formula is C18H28N2O. The number of rotatable bonds is 8. The van der Waals surface area contributed by atoms with E-state index in [0.717, 1.165) is 49.8 Å². The van der Waals surface area contributed by atoms with Gasteiger partial charge in [-0.2, -0.15) is 0 Å². The summed E-state index contributed by atoms with van der Waals surface area (Å²) < 4.78 is 0. The molecule has 1 aliphatic carbocycles. The standard InChI is InChI=1S/C18H28N2O/c1-3-6-15(7-4-2)18(21)20(17-10-11-17)13-14-8-5-9-16(19)12-14/h5,8-9,12,15,17H,3-4,6-7,10-11,13,19H2,1-2H3. The van der Waals surface area contributed by atoms with Crippen molar-refractivity contribution in [3.63, 3.8) is 0 Å². The summed E-state index contributed by atoms with van der Waals surface area (Å²) in [5, 5.41) is 0. The number of amides is 1. The van der Waals surface area contributed by atoms with Gasteiger partial charge in [0.15, 0.2) is 0 Å². The molecule has 1 amide bonds. The van der Waals surface area contributed by atoms with Gasteiger partial charge in [-0.1, -0.05) is 38.8 Å². The fourth-order valence-electron chi connectivity index (χ4n) is 2.98. The van der Waals surface area contributed by atoms with Crippen molar-refractivity contribution in [1.82, 2.24) is 4.90 Å². The van der Waals surface area contributed by atoms with Crippen LogP contribution in [0.4, 0.5) is 5.69 Å². The first-order valence-corrected chi connectivity index (χ1v) is 8.30. The van der Waals surface area contributed by atoms with Crippen molar-refractivity contribution in [2.24, 2.45) is 5.92 Å². The van der Waals surface area contributed by atoms with Crippen LogP contribution in [0.5, 0.6) is 0 Å². The zero-order chi connectivity index (χ0) is 15.2. The molecule has 1 aromatic carbocycles. The maximum atomic E-state index is 12.9. The van der Waals surface area contributed by atoms with Gasteiger partial charge in [0.05, 0.1) is 0 Å². The highest BCUT2D eigenvalue weighted by Gasteiger charge is 2.35. The van der Waals surface area contributed by atoms with E-state index < -0.39 is 0 Å². The second-order valence-corrected chi connectivity index (χ2v) is 6.22. The number of nitrogens with zero attached hydrogens (tertiary/aromatic N) is 1. The van der Waals surface area contributed by atoms with Crippen molar-refractivity contribution in [2.75, 3.05) is 5.73 Å². The molecule has 3 heteroatoms. The minimum absolute atomic E-state index is 0.196. The molecule has 0 spiro atoms. The van der Waals surface area contributed by atoms with Gasteiger partial charge in [-0.25, -0.2) is 0 Å². The van der Waals surface area contributed by atoms with E-state index in [1.54, 1.807) is 0 Å². The minimum Gasteiger partial charge on any atom is -0.399 e. The van der Waals surface area contributed by atoms with E-state index in [1.165, 1.54) is 0 Å². The summed E-state index contributed by atoms with van der Waals surface area (Å²) in [6, 6.07) is 8.36. The Labute approximate surface area is 128 Å². The smallest absolute Gasteiger partial charge is 0.226 e. The zero-order valence-corrected chi connectivity index (χ0v) is 13.3. The Hall–Kier alpha value is -1.51. The summed E-state index contributed by atoms with van der Waals surface area (Å²) in [6.07, 6.45) is 6.47. The monoisotopic (exact) mass is 288 g/mol. The van der Waals surface area contributed by atoms with Crippen LogP contribution in [0.1, 0.15) is 57.9 Å². The number of nitrogen functional groups attached to an aromatic ring is 1. The van der Waals surface area contributed by atoms with Crippen LogP contribution in [-0.4, -0.2) is 16.8 Å². The highest BCUT2D eigenvalue weighted by molar-refractivity contribution is 5.79. The lowest BCUT2D eigenvalue weighted by Crippen LogP contribution is -2.37. The van der Waals surface area contributed by atoms with Crippen LogP contribution in [-0.2, 0) is 11.3 Å². The molecule has 116 valence electrons. The topological polar surface area (TPSA) is 46.3 Å². The second kappa shape index (κ2) is 7.48. The Balaban J connectivity index is 2.08. The SMILES string of the molecule is CCCC(CCC)C(=O)N(Cc1cccc(N)c1)C1CC1. The molecule has 0 unspecified atom stereocenters. The Morgan fingerprint density at radius 2 is 1.95 bits per heavy atom. The van der Waals surface area contributed by atoms with Crippen LogP contribution >= 0.6 is 0 Å². The molecule has 0 atom stereocenters. The Morgan fingerprint density at radius 1 is 1.29 bits per heavy atom. The van der Waals surface area contributed by atoms with E-state index in [2.05, 4.69) is 24.8 Å². The summed E-state index contributed by atoms with van der Waals surface area (Å²) in [7, 11) is 0. The van der Waals surface area contributed by atoms with Crippen LogP contribution in [0.15, 0.2) is 24.3 Å². The van der Waals surface area contributed by atoms with E-state index in [0.29, 0.717) is 18.5 Å². The van der Waals surface area contributed by atoms with Gasteiger partial charge >= 0.3 is 0 Å². The average Bonchev–Trinajstić information content (AvgIpc) is 3.28. The number of nitrogens with two attached hydrogens (primary N) is 1.